The Labute approximate surface area is 127 Å². The highest BCUT2D eigenvalue weighted by molar-refractivity contribution is 5.75. The van der Waals surface area contributed by atoms with E-state index in [2.05, 4.69) is 41.5 Å². The number of amides is 2. The van der Waals surface area contributed by atoms with Gasteiger partial charge in [0, 0.05) is 25.7 Å². The SMILES string of the molecule is CN1CCN(C(=O)NC2CCCC2)C(c2ccccc2)C1. The summed E-state index contributed by atoms with van der Waals surface area (Å²) in [6, 6.07) is 11.0. The Balaban J connectivity index is 1.72. The van der Waals surface area contributed by atoms with E-state index in [1.165, 1.54) is 18.4 Å². The number of nitrogens with zero attached hydrogens (tertiary/aromatic N) is 2. The van der Waals surface area contributed by atoms with Crippen molar-refractivity contribution in [1.29, 1.82) is 0 Å². The van der Waals surface area contributed by atoms with Crippen molar-refractivity contribution >= 4 is 6.03 Å². The number of likely N-dealkylation sites (N-methyl/N-ethyl adjacent to an activating group) is 1. The molecule has 0 aromatic heterocycles. The van der Waals surface area contributed by atoms with Crippen LogP contribution < -0.4 is 5.32 Å². The van der Waals surface area contributed by atoms with Gasteiger partial charge < -0.3 is 15.1 Å². The molecule has 1 heterocycles. The van der Waals surface area contributed by atoms with Gasteiger partial charge in [-0.25, -0.2) is 4.79 Å². The van der Waals surface area contributed by atoms with E-state index in [0.29, 0.717) is 6.04 Å². The van der Waals surface area contributed by atoms with E-state index in [-0.39, 0.29) is 12.1 Å². The van der Waals surface area contributed by atoms with E-state index in [9.17, 15) is 4.79 Å². The second-order valence-corrected chi connectivity index (χ2v) is 6.31. The maximum absolute atomic E-state index is 12.6. The summed E-state index contributed by atoms with van der Waals surface area (Å²) >= 11 is 0. The molecule has 1 unspecified atom stereocenters. The Bertz CT molecular complexity index is 470. The van der Waals surface area contributed by atoms with Crippen LogP contribution in [0.2, 0.25) is 0 Å². The van der Waals surface area contributed by atoms with Gasteiger partial charge in [-0.15, -0.1) is 0 Å². The molecule has 21 heavy (non-hydrogen) atoms. The number of benzene rings is 1. The molecule has 0 radical (unpaired) electrons. The minimum absolute atomic E-state index is 0.115. The lowest BCUT2D eigenvalue weighted by atomic mass is 10.0. The second-order valence-electron chi connectivity index (χ2n) is 6.31. The van der Waals surface area contributed by atoms with Gasteiger partial charge in [-0.2, -0.15) is 0 Å². The van der Waals surface area contributed by atoms with Crippen LogP contribution in [0.15, 0.2) is 30.3 Å². The largest absolute Gasteiger partial charge is 0.335 e. The molecule has 2 fully saturated rings. The number of hydrogen-bond donors (Lipinski definition) is 1. The van der Waals surface area contributed by atoms with Gasteiger partial charge in [-0.3, -0.25) is 0 Å². The number of piperazine rings is 1. The number of carbonyl (C=O) groups excluding carboxylic acids is 1. The summed E-state index contributed by atoms with van der Waals surface area (Å²) in [5, 5.41) is 3.23. The second kappa shape index (κ2) is 6.48. The maximum atomic E-state index is 12.6. The molecule has 1 aliphatic heterocycles. The van der Waals surface area contributed by atoms with E-state index in [1.54, 1.807) is 0 Å². The first-order chi connectivity index (χ1) is 10.2. The Morgan fingerprint density at radius 1 is 1.14 bits per heavy atom. The van der Waals surface area contributed by atoms with Gasteiger partial charge in [0.05, 0.1) is 6.04 Å². The molecule has 0 bridgehead atoms. The molecule has 1 N–H and O–H groups in total. The van der Waals surface area contributed by atoms with Crippen molar-refractivity contribution in [3.63, 3.8) is 0 Å². The summed E-state index contributed by atoms with van der Waals surface area (Å²) < 4.78 is 0. The van der Waals surface area contributed by atoms with Crippen molar-refractivity contribution in [3.8, 4) is 0 Å². The molecule has 4 heteroatoms. The fraction of sp³-hybridized carbons (Fsp3) is 0.588. The van der Waals surface area contributed by atoms with Gasteiger partial charge in [0.15, 0.2) is 0 Å². The van der Waals surface area contributed by atoms with E-state index < -0.39 is 0 Å². The van der Waals surface area contributed by atoms with Crippen molar-refractivity contribution in [2.75, 3.05) is 26.7 Å². The molecule has 2 amide bonds. The fourth-order valence-electron chi connectivity index (χ4n) is 3.45. The molecule has 4 nitrogen and oxygen atoms in total. The molecule has 114 valence electrons. The zero-order chi connectivity index (χ0) is 14.7. The maximum Gasteiger partial charge on any atom is 0.318 e. The van der Waals surface area contributed by atoms with Gasteiger partial charge in [-0.05, 0) is 25.5 Å². The van der Waals surface area contributed by atoms with Crippen molar-refractivity contribution in [2.45, 2.75) is 37.8 Å². The summed E-state index contributed by atoms with van der Waals surface area (Å²) in [7, 11) is 2.13. The summed E-state index contributed by atoms with van der Waals surface area (Å²) in [6.07, 6.45) is 4.76. The topological polar surface area (TPSA) is 35.6 Å². The normalized spacial score (nSPS) is 24.2. The monoisotopic (exact) mass is 287 g/mol. The Morgan fingerprint density at radius 2 is 1.86 bits per heavy atom. The van der Waals surface area contributed by atoms with Crippen LogP contribution in [-0.2, 0) is 0 Å². The average molecular weight is 287 g/mol. The lowest BCUT2D eigenvalue weighted by Crippen LogP contribution is -2.53. The van der Waals surface area contributed by atoms with Crippen molar-refractivity contribution in [3.05, 3.63) is 35.9 Å². The number of hydrogen-bond acceptors (Lipinski definition) is 2. The molecule has 1 aliphatic carbocycles. The minimum atomic E-state index is 0.115. The Hall–Kier alpha value is -1.55. The zero-order valence-electron chi connectivity index (χ0n) is 12.8. The van der Waals surface area contributed by atoms with Crippen molar-refractivity contribution < 1.29 is 4.79 Å². The molecule has 1 atom stereocenters. The van der Waals surface area contributed by atoms with Gasteiger partial charge in [0.25, 0.3) is 0 Å². The summed E-state index contributed by atoms with van der Waals surface area (Å²) in [4.78, 5) is 17.0. The molecular weight excluding hydrogens is 262 g/mol. The third-order valence-corrected chi connectivity index (χ3v) is 4.71. The van der Waals surface area contributed by atoms with Gasteiger partial charge in [0.2, 0.25) is 0 Å². The molecule has 3 rings (SSSR count). The zero-order valence-corrected chi connectivity index (χ0v) is 12.8. The summed E-state index contributed by atoms with van der Waals surface area (Å²) in [5.74, 6) is 0. The third-order valence-electron chi connectivity index (χ3n) is 4.71. The van der Waals surface area contributed by atoms with Crippen LogP contribution in [0.3, 0.4) is 0 Å². The number of nitrogens with one attached hydrogen (secondary N) is 1. The number of carbonyl (C=O) groups is 1. The van der Waals surface area contributed by atoms with Gasteiger partial charge >= 0.3 is 6.03 Å². The van der Waals surface area contributed by atoms with Crippen LogP contribution in [0, 0.1) is 0 Å². The van der Waals surface area contributed by atoms with Crippen LogP contribution in [0.4, 0.5) is 4.79 Å². The van der Waals surface area contributed by atoms with Crippen molar-refractivity contribution in [2.24, 2.45) is 0 Å². The van der Waals surface area contributed by atoms with Gasteiger partial charge in [-0.1, -0.05) is 43.2 Å². The van der Waals surface area contributed by atoms with E-state index in [1.807, 2.05) is 11.0 Å². The fourth-order valence-corrected chi connectivity index (χ4v) is 3.45. The smallest absolute Gasteiger partial charge is 0.318 e. The highest BCUT2D eigenvalue weighted by Gasteiger charge is 2.31. The highest BCUT2D eigenvalue weighted by Crippen LogP contribution is 2.25. The Morgan fingerprint density at radius 3 is 2.57 bits per heavy atom. The van der Waals surface area contributed by atoms with E-state index in [0.717, 1.165) is 32.5 Å². The first-order valence-electron chi connectivity index (χ1n) is 8.04. The quantitative estimate of drug-likeness (QED) is 0.907. The molecule has 1 saturated carbocycles. The van der Waals surface area contributed by atoms with Crippen LogP contribution in [-0.4, -0.2) is 48.6 Å². The molecule has 2 aliphatic rings. The summed E-state index contributed by atoms with van der Waals surface area (Å²) in [5.41, 5.74) is 1.23. The van der Waals surface area contributed by atoms with Crippen LogP contribution in [0.5, 0.6) is 0 Å². The van der Waals surface area contributed by atoms with Gasteiger partial charge in [0.1, 0.15) is 0 Å². The van der Waals surface area contributed by atoms with E-state index in [4.69, 9.17) is 0 Å². The first-order valence-corrected chi connectivity index (χ1v) is 8.04. The number of rotatable bonds is 2. The van der Waals surface area contributed by atoms with Crippen LogP contribution in [0.1, 0.15) is 37.3 Å². The number of urea groups is 1. The first kappa shape index (κ1) is 14.4. The van der Waals surface area contributed by atoms with E-state index >= 15 is 0 Å². The highest BCUT2D eigenvalue weighted by atomic mass is 16.2. The third kappa shape index (κ3) is 3.38. The minimum Gasteiger partial charge on any atom is -0.335 e. The van der Waals surface area contributed by atoms with Crippen molar-refractivity contribution in [1.82, 2.24) is 15.1 Å². The summed E-state index contributed by atoms with van der Waals surface area (Å²) in [6.45, 7) is 2.65. The van der Waals surface area contributed by atoms with Crippen LogP contribution in [0.25, 0.3) is 0 Å². The van der Waals surface area contributed by atoms with Crippen LogP contribution >= 0.6 is 0 Å². The average Bonchev–Trinajstić information content (AvgIpc) is 3.01. The lowest BCUT2D eigenvalue weighted by molar-refractivity contribution is 0.107. The molecule has 0 spiro atoms. The lowest BCUT2D eigenvalue weighted by Gasteiger charge is -2.40. The predicted octanol–water partition coefficient (Wildman–Crippen LogP) is 2.63. The molecule has 1 aromatic rings. The molecule has 1 saturated heterocycles. The standard InChI is InChI=1S/C17H25N3O/c1-19-11-12-20(17(21)18-15-9-5-6-10-15)16(13-19)14-7-3-2-4-8-14/h2-4,7-8,15-16H,5-6,9-13H2,1H3,(H,18,21). The Kier molecular flexibility index (Phi) is 4.44. The predicted molar refractivity (Wildman–Crippen MR) is 84.2 cm³/mol. The molecular formula is C17H25N3O. The molecule has 1 aromatic carbocycles.